The smallest absolute Gasteiger partial charge is 0.382 e. The van der Waals surface area contributed by atoms with Crippen LogP contribution in [-0.2, 0) is 12.8 Å². The standard InChI is InChI=1S/C25H26ClF3N6O2/c1-30-23(37)18-4-2-3-5-20(18)33-22-19(26)13-31-24(34-22)32-17-7-6-15-8-10-35(11-9-16(15)12-17)14-21(36)25(27,28)29/h2-7,12-13,21,36H,8-11,14H2,1H3,(H,30,37)(H2,31,32,33,34)/t21-/m0/s1. The van der Waals surface area contributed by atoms with Crippen molar-refractivity contribution in [2.75, 3.05) is 37.3 Å². The van der Waals surface area contributed by atoms with E-state index in [0.717, 1.165) is 11.1 Å². The van der Waals surface area contributed by atoms with Crippen molar-refractivity contribution < 1.29 is 23.1 Å². The Hall–Kier alpha value is -3.41. The van der Waals surface area contributed by atoms with Crippen LogP contribution < -0.4 is 16.0 Å². The molecule has 0 unspecified atom stereocenters. The molecule has 0 saturated carbocycles. The van der Waals surface area contributed by atoms with Gasteiger partial charge in [-0.25, -0.2) is 4.98 Å². The minimum absolute atomic E-state index is 0.261. The molecule has 1 atom stereocenters. The van der Waals surface area contributed by atoms with E-state index in [-0.39, 0.29) is 16.9 Å². The fourth-order valence-corrected chi connectivity index (χ4v) is 4.21. The van der Waals surface area contributed by atoms with Crippen molar-refractivity contribution in [3.63, 3.8) is 0 Å². The molecule has 4 rings (SSSR count). The predicted molar refractivity (Wildman–Crippen MR) is 136 cm³/mol. The number of hydrogen-bond acceptors (Lipinski definition) is 7. The molecule has 8 nitrogen and oxygen atoms in total. The second-order valence-corrected chi connectivity index (χ2v) is 9.01. The molecule has 1 aromatic heterocycles. The Morgan fingerprint density at radius 1 is 1.14 bits per heavy atom. The van der Waals surface area contributed by atoms with Gasteiger partial charge in [0.25, 0.3) is 5.91 Å². The van der Waals surface area contributed by atoms with Crippen LogP contribution in [0, 0.1) is 0 Å². The van der Waals surface area contributed by atoms with Gasteiger partial charge in [0.1, 0.15) is 5.02 Å². The zero-order valence-electron chi connectivity index (χ0n) is 19.9. The number of carbonyl (C=O) groups is 1. The Morgan fingerprint density at radius 3 is 2.59 bits per heavy atom. The number of β-amino-alcohol motifs (C(OH)–C–C–N with tert-alkyl or cyclic N) is 1. The molecule has 1 amide bonds. The van der Waals surface area contributed by atoms with Crippen molar-refractivity contribution in [1.29, 1.82) is 0 Å². The first kappa shape index (κ1) is 26.6. The van der Waals surface area contributed by atoms with Crippen molar-refractivity contribution in [2.24, 2.45) is 0 Å². The number of aliphatic hydroxyl groups excluding tert-OH is 1. The highest BCUT2D eigenvalue weighted by Crippen LogP contribution is 2.28. The van der Waals surface area contributed by atoms with E-state index in [2.05, 4.69) is 25.9 Å². The molecule has 0 bridgehead atoms. The monoisotopic (exact) mass is 534 g/mol. The molecule has 0 fully saturated rings. The summed E-state index contributed by atoms with van der Waals surface area (Å²) in [7, 11) is 1.54. The third-order valence-corrected chi connectivity index (χ3v) is 6.34. The van der Waals surface area contributed by atoms with E-state index in [0.29, 0.717) is 48.7 Å². The maximum absolute atomic E-state index is 12.7. The third kappa shape index (κ3) is 6.68. The van der Waals surface area contributed by atoms with Crippen molar-refractivity contribution in [1.82, 2.24) is 20.2 Å². The quantitative estimate of drug-likeness (QED) is 0.358. The molecule has 37 heavy (non-hydrogen) atoms. The van der Waals surface area contributed by atoms with Gasteiger partial charge in [0.2, 0.25) is 5.95 Å². The minimum Gasteiger partial charge on any atom is -0.382 e. The molecule has 3 aromatic rings. The molecule has 1 aliphatic rings. The van der Waals surface area contributed by atoms with Gasteiger partial charge in [-0.2, -0.15) is 18.2 Å². The lowest BCUT2D eigenvalue weighted by Crippen LogP contribution is -2.41. The zero-order chi connectivity index (χ0) is 26.6. The minimum atomic E-state index is -4.63. The van der Waals surface area contributed by atoms with Crippen LogP contribution in [0.4, 0.5) is 36.3 Å². The number of fused-ring (bicyclic) bond motifs is 1. The number of halogens is 4. The summed E-state index contributed by atoms with van der Waals surface area (Å²) in [5.74, 6) is 0.319. The van der Waals surface area contributed by atoms with Crippen LogP contribution in [0.3, 0.4) is 0 Å². The summed E-state index contributed by atoms with van der Waals surface area (Å²) >= 11 is 6.30. The average Bonchev–Trinajstić information content (AvgIpc) is 3.07. The number of para-hydroxylation sites is 1. The first-order valence-corrected chi connectivity index (χ1v) is 12.0. The molecule has 0 aliphatic carbocycles. The fraction of sp³-hybridized carbons (Fsp3) is 0.320. The molecule has 4 N–H and O–H groups in total. The molecule has 0 radical (unpaired) electrons. The Morgan fingerprint density at radius 2 is 1.86 bits per heavy atom. The molecule has 0 spiro atoms. The largest absolute Gasteiger partial charge is 0.415 e. The number of rotatable bonds is 7. The van der Waals surface area contributed by atoms with Crippen molar-refractivity contribution in [3.05, 3.63) is 70.4 Å². The number of benzene rings is 2. The van der Waals surface area contributed by atoms with Gasteiger partial charge < -0.3 is 21.1 Å². The number of carbonyl (C=O) groups excluding carboxylic acids is 1. The molecule has 2 aromatic carbocycles. The lowest BCUT2D eigenvalue weighted by Gasteiger charge is -2.24. The highest BCUT2D eigenvalue weighted by Gasteiger charge is 2.39. The lowest BCUT2D eigenvalue weighted by molar-refractivity contribution is -0.208. The van der Waals surface area contributed by atoms with E-state index in [1.54, 1.807) is 36.2 Å². The number of nitrogens with one attached hydrogen (secondary N) is 3. The summed E-state index contributed by atoms with van der Waals surface area (Å²) in [5.41, 5.74) is 3.71. The zero-order valence-corrected chi connectivity index (χ0v) is 20.7. The maximum atomic E-state index is 12.7. The Kier molecular flexibility index (Phi) is 8.16. The summed E-state index contributed by atoms with van der Waals surface area (Å²) in [6.45, 7) is 0.389. The third-order valence-electron chi connectivity index (χ3n) is 6.06. The normalized spacial score (nSPS) is 14.9. The van der Waals surface area contributed by atoms with Gasteiger partial charge in [0.05, 0.1) is 17.4 Å². The number of alkyl halides is 3. The van der Waals surface area contributed by atoms with Gasteiger partial charge in [-0.1, -0.05) is 29.8 Å². The topological polar surface area (TPSA) is 102 Å². The number of nitrogens with zero attached hydrogens (tertiary/aromatic N) is 3. The number of aromatic nitrogens is 2. The highest BCUT2D eigenvalue weighted by molar-refractivity contribution is 6.33. The van der Waals surface area contributed by atoms with Crippen LogP contribution in [0.2, 0.25) is 5.02 Å². The van der Waals surface area contributed by atoms with E-state index in [1.165, 1.54) is 6.20 Å². The summed E-state index contributed by atoms with van der Waals surface area (Å²) in [4.78, 5) is 22.5. The highest BCUT2D eigenvalue weighted by atomic mass is 35.5. The summed E-state index contributed by atoms with van der Waals surface area (Å²) in [5, 5.41) is 18.5. The van der Waals surface area contributed by atoms with Gasteiger partial charge in [0, 0.05) is 32.4 Å². The number of anilines is 4. The van der Waals surface area contributed by atoms with Crippen LogP contribution in [0.5, 0.6) is 0 Å². The van der Waals surface area contributed by atoms with Crippen molar-refractivity contribution >= 4 is 40.6 Å². The van der Waals surface area contributed by atoms with Crippen molar-refractivity contribution in [2.45, 2.75) is 25.1 Å². The molecule has 12 heteroatoms. The molecular formula is C25H26ClF3N6O2. The van der Waals surface area contributed by atoms with Gasteiger partial charge in [-0.05, 0) is 48.2 Å². The first-order chi connectivity index (χ1) is 17.6. The van der Waals surface area contributed by atoms with Crippen LogP contribution in [0.25, 0.3) is 0 Å². The van der Waals surface area contributed by atoms with Crippen molar-refractivity contribution in [3.8, 4) is 0 Å². The second kappa shape index (κ2) is 11.3. The van der Waals surface area contributed by atoms with E-state index in [9.17, 15) is 23.1 Å². The molecule has 0 saturated heterocycles. The maximum Gasteiger partial charge on any atom is 0.415 e. The summed E-state index contributed by atoms with van der Waals surface area (Å²) in [6.07, 6.45) is -4.43. The van der Waals surface area contributed by atoms with Gasteiger partial charge >= 0.3 is 6.18 Å². The Bertz CT molecular complexity index is 1270. The lowest BCUT2D eigenvalue weighted by atomic mass is 10.0. The van der Waals surface area contributed by atoms with Crippen LogP contribution in [-0.4, -0.2) is 64.8 Å². The number of hydrogen-bond donors (Lipinski definition) is 4. The molecule has 2 heterocycles. The molecule has 196 valence electrons. The number of aliphatic hydroxyl groups is 1. The first-order valence-electron chi connectivity index (χ1n) is 11.6. The van der Waals surface area contributed by atoms with E-state index < -0.39 is 18.8 Å². The summed E-state index contributed by atoms with van der Waals surface area (Å²) < 4.78 is 38.2. The van der Waals surface area contributed by atoms with Crippen LogP contribution in [0.15, 0.2) is 48.7 Å². The van der Waals surface area contributed by atoms with E-state index in [4.69, 9.17) is 11.6 Å². The van der Waals surface area contributed by atoms with Crippen LogP contribution in [0.1, 0.15) is 21.5 Å². The van der Waals surface area contributed by atoms with Gasteiger partial charge in [-0.3, -0.25) is 9.69 Å². The second-order valence-electron chi connectivity index (χ2n) is 8.61. The molecular weight excluding hydrogens is 509 g/mol. The Labute approximate surface area is 216 Å². The average molecular weight is 535 g/mol. The van der Waals surface area contributed by atoms with Crippen LogP contribution >= 0.6 is 11.6 Å². The molecule has 1 aliphatic heterocycles. The van der Waals surface area contributed by atoms with Gasteiger partial charge in [0.15, 0.2) is 11.9 Å². The van der Waals surface area contributed by atoms with E-state index >= 15 is 0 Å². The summed E-state index contributed by atoms with van der Waals surface area (Å²) in [6, 6.07) is 12.6. The number of amides is 1. The van der Waals surface area contributed by atoms with E-state index in [1.807, 2.05) is 18.2 Å². The fourth-order valence-electron chi connectivity index (χ4n) is 4.08. The Balaban J connectivity index is 1.47. The van der Waals surface area contributed by atoms with Gasteiger partial charge in [-0.15, -0.1) is 0 Å². The SMILES string of the molecule is CNC(=O)c1ccccc1Nc1nc(Nc2ccc3c(c2)CCN(C[C@H](O)C(F)(F)F)CC3)ncc1Cl. The predicted octanol–water partition coefficient (Wildman–Crippen LogP) is 4.30.